The molecule has 1 amide bonds. The summed E-state index contributed by atoms with van der Waals surface area (Å²) in [5.74, 6) is -1.24. The lowest BCUT2D eigenvalue weighted by Crippen LogP contribution is -2.24. The molecule has 0 bridgehead atoms. The number of aryl methyl sites for hydroxylation is 1. The van der Waals surface area contributed by atoms with E-state index in [4.69, 9.17) is 5.11 Å². The summed E-state index contributed by atoms with van der Waals surface area (Å²) >= 11 is 0. The fraction of sp³-hybridized carbons (Fsp3) is 0.222. The lowest BCUT2D eigenvalue weighted by Gasteiger charge is -2.19. The number of H-pyrrole nitrogens is 1. The van der Waals surface area contributed by atoms with Gasteiger partial charge in [-0.2, -0.15) is 0 Å². The molecule has 35 heavy (non-hydrogen) atoms. The zero-order valence-electron chi connectivity index (χ0n) is 19.8. The Hall–Kier alpha value is -4.17. The number of rotatable bonds is 7. The Bertz CT molecular complexity index is 1470. The first-order valence-electron chi connectivity index (χ1n) is 11.2. The maximum Gasteiger partial charge on any atom is 0.335 e. The highest BCUT2D eigenvalue weighted by atomic mass is 16.4. The van der Waals surface area contributed by atoms with E-state index >= 15 is 0 Å². The Morgan fingerprint density at radius 2 is 1.80 bits per heavy atom. The van der Waals surface area contributed by atoms with Gasteiger partial charge in [0.1, 0.15) is 5.52 Å². The van der Waals surface area contributed by atoms with Gasteiger partial charge in [-0.15, -0.1) is 0 Å². The Balaban J connectivity index is 1.58. The van der Waals surface area contributed by atoms with E-state index in [2.05, 4.69) is 10.3 Å². The average Bonchev–Trinajstić information content (AvgIpc) is 3.23. The minimum absolute atomic E-state index is 0.0498. The molecule has 0 unspecified atom stereocenters. The number of aromatic amines is 1. The molecule has 4 N–H and O–H groups in total. The highest BCUT2D eigenvalue weighted by molar-refractivity contribution is 5.95. The van der Waals surface area contributed by atoms with Gasteiger partial charge in [0, 0.05) is 36.4 Å². The summed E-state index contributed by atoms with van der Waals surface area (Å²) in [7, 11) is 1.67. The molecule has 2 aromatic carbocycles. The maximum absolute atomic E-state index is 12.8. The SMILES string of the molecule is Cn1cc(-c2cccc(C(C)(C)O)c2)c2cc(CC(=O)NCc3ccc(C(=O)O)cc3)[nH]c2c1=O. The summed E-state index contributed by atoms with van der Waals surface area (Å²) in [6.07, 6.45) is 1.81. The number of carbonyl (C=O) groups is 2. The quantitative estimate of drug-likeness (QED) is 0.328. The molecule has 2 heterocycles. The number of aromatic carboxylic acids is 1. The number of hydrogen-bond acceptors (Lipinski definition) is 4. The second-order valence-electron chi connectivity index (χ2n) is 9.14. The highest BCUT2D eigenvalue weighted by Gasteiger charge is 2.18. The van der Waals surface area contributed by atoms with Crippen molar-refractivity contribution >= 4 is 22.8 Å². The summed E-state index contributed by atoms with van der Waals surface area (Å²) < 4.78 is 1.50. The molecule has 0 aliphatic heterocycles. The van der Waals surface area contributed by atoms with E-state index < -0.39 is 11.6 Å². The number of carboxylic acids is 1. The van der Waals surface area contributed by atoms with Crippen molar-refractivity contribution in [3.05, 3.63) is 93.5 Å². The third-order valence-corrected chi connectivity index (χ3v) is 5.94. The molecule has 0 aliphatic carbocycles. The molecule has 4 aromatic rings. The number of nitrogens with one attached hydrogen (secondary N) is 2. The minimum Gasteiger partial charge on any atom is -0.478 e. The average molecular weight is 474 g/mol. The third kappa shape index (κ3) is 5.17. The smallest absolute Gasteiger partial charge is 0.335 e. The predicted octanol–water partition coefficient (Wildman–Crippen LogP) is 3.32. The summed E-state index contributed by atoms with van der Waals surface area (Å²) in [6, 6.07) is 15.6. The van der Waals surface area contributed by atoms with E-state index in [0.717, 1.165) is 22.3 Å². The van der Waals surface area contributed by atoms with Crippen molar-refractivity contribution in [1.29, 1.82) is 0 Å². The van der Waals surface area contributed by atoms with E-state index in [1.807, 2.05) is 30.3 Å². The fourth-order valence-electron chi connectivity index (χ4n) is 3.98. The van der Waals surface area contributed by atoms with Crippen LogP contribution in [0.2, 0.25) is 0 Å². The Morgan fingerprint density at radius 1 is 1.09 bits per heavy atom. The third-order valence-electron chi connectivity index (χ3n) is 5.94. The molecule has 8 nitrogen and oxygen atoms in total. The van der Waals surface area contributed by atoms with Crippen LogP contribution in [0.4, 0.5) is 0 Å². The Morgan fingerprint density at radius 3 is 2.46 bits per heavy atom. The van der Waals surface area contributed by atoms with Gasteiger partial charge in [-0.3, -0.25) is 9.59 Å². The van der Waals surface area contributed by atoms with E-state index in [9.17, 15) is 19.5 Å². The second-order valence-corrected chi connectivity index (χ2v) is 9.14. The van der Waals surface area contributed by atoms with Gasteiger partial charge in [0.25, 0.3) is 5.56 Å². The van der Waals surface area contributed by atoms with E-state index in [-0.39, 0.29) is 30.0 Å². The number of aliphatic hydroxyl groups is 1. The molecule has 8 heteroatoms. The molecule has 0 fully saturated rings. The van der Waals surface area contributed by atoms with Gasteiger partial charge < -0.3 is 25.1 Å². The summed E-state index contributed by atoms with van der Waals surface area (Å²) in [5.41, 5.74) is 3.18. The van der Waals surface area contributed by atoms with E-state index in [1.54, 1.807) is 39.2 Å². The number of amides is 1. The number of fused-ring (bicyclic) bond motifs is 1. The van der Waals surface area contributed by atoms with Crippen LogP contribution in [0.15, 0.2) is 65.6 Å². The monoisotopic (exact) mass is 473 g/mol. The van der Waals surface area contributed by atoms with Crippen LogP contribution in [-0.2, 0) is 30.4 Å². The molecule has 0 saturated carbocycles. The van der Waals surface area contributed by atoms with Gasteiger partial charge in [0.05, 0.1) is 17.6 Å². The lowest BCUT2D eigenvalue weighted by atomic mass is 9.94. The van der Waals surface area contributed by atoms with Crippen molar-refractivity contribution in [2.24, 2.45) is 7.05 Å². The zero-order chi connectivity index (χ0) is 25.3. The van der Waals surface area contributed by atoms with Crippen molar-refractivity contribution < 1.29 is 19.8 Å². The van der Waals surface area contributed by atoms with Crippen LogP contribution in [-0.4, -0.2) is 31.6 Å². The number of nitrogens with zero attached hydrogens (tertiary/aromatic N) is 1. The van der Waals surface area contributed by atoms with Crippen LogP contribution in [0, 0.1) is 0 Å². The largest absolute Gasteiger partial charge is 0.478 e. The predicted molar refractivity (Wildman–Crippen MR) is 133 cm³/mol. The van der Waals surface area contributed by atoms with E-state index in [1.165, 1.54) is 16.7 Å². The van der Waals surface area contributed by atoms with Crippen LogP contribution in [0.3, 0.4) is 0 Å². The molecule has 2 aromatic heterocycles. The Kier molecular flexibility index (Phi) is 6.32. The fourth-order valence-corrected chi connectivity index (χ4v) is 3.98. The van der Waals surface area contributed by atoms with Crippen LogP contribution in [0.5, 0.6) is 0 Å². The van der Waals surface area contributed by atoms with Gasteiger partial charge in [0.15, 0.2) is 0 Å². The van der Waals surface area contributed by atoms with Crippen molar-refractivity contribution in [3.63, 3.8) is 0 Å². The zero-order valence-corrected chi connectivity index (χ0v) is 19.8. The number of carbonyl (C=O) groups excluding carboxylic acids is 1. The normalized spacial score (nSPS) is 11.5. The molecule has 0 saturated heterocycles. The molecular weight excluding hydrogens is 446 g/mol. The van der Waals surface area contributed by atoms with Crippen molar-refractivity contribution in [2.75, 3.05) is 0 Å². The first-order valence-corrected chi connectivity index (χ1v) is 11.2. The van der Waals surface area contributed by atoms with Crippen LogP contribution in [0.1, 0.15) is 41.0 Å². The van der Waals surface area contributed by atoms with Crippen LogP contribution < -0.4 is 10.9 Å². The number of benzene rings is 2. The van der Waals surface area contributed by atoms with Gasteiger partial charge in [-0.25, -0.2) is 4.79 Å². The van der Waals surface area contributed by atoms with Gasteiger partial charge >= 0.3 is 5.97 Å². The molecule has 0 spiro atoms. The lowest BCUT2D eigenvalue weighted by molar-refractivity contribution is -0.120. The van der Waals surface area contributed by atoms with Gasteiger partial charge in [-0.05, 0) is 54.8 Å². The molecule has 0 aliphatic rings. The molecular formula is C27H27N3O5. The number of hydrogen-bond donors (Lipinski definition) is 4. The first-order chi connectivity index (χ1) is 16.5. The van der Waals surface area contributed by atoms with E-state index in [0.29, 0.717) is 16.6 Å². The second kappa shape index (κ2) is 9.23. The Labute approximate surface area is 201 Å². The van der Waals surface area contributed by atoms with Crippen molar-refractivity contribution in [2.45, 2.75) is 32.4 Å². The number of carboxylic acid groups (broad SMARTS) is 1. The summed E-state index contributed by atoms with van der Waals surface area (Å²) in [6.45, 7) is 3.70. The standard InChI is InChI=1S/C27H27N3O5/c1-27(2,35)19-6-4-5-18(11-19)22-15-30(3)25(32)24-21(22)12-20(29-24)13-23(31)28-14-16-7-9-17(10-8-16)26(33)34/h4-12,15,29,35H,13-14H2,1-3H3,(H,28,31)(H,33,34). The first kappa shape index (κ1) is 24.0. The molecule has 180 valence electrons. The molecule has 0 radical (unpaired) electrons. The summed E-state index contributed by atoms with van der Waals surface area (Å²) in [5, 5.41) is 22.9. The van der Waals surface area contributed by atoms with Gasteiger partial charge in [-0.1, -0.05) is 30.3 Å². The summed E-state index contributed by atoms with van der Waals surface area (Å²) in [4.78, 5) is 39.4. The highest BCUT2D eigenvalue weighted by Crippen LogP contribution is 2.30. The van der Waals surface area contributed by atoms with Crippen LogP contribution in [0.25, 0.3) is 22.0 Å². The molecule has 0 atom stereocenters. The maximum atomic E-state index is 12.8. The minimum atomic E-state index is -1.01. The number of pyridine rings is 1. The van der Waals surface area contributed by atoms with Crippen LogP contribution >= 0.6 is 0 Å². The topological polar surface area (TPSA) is 124 Å². The van der Waals surface area contributed by atoms with Gasteiger partial charge in [0.2, 0.25) is 5.91 Å². The van der Waals surface area contributed by atoms with Crippen molar-refractivity contribution in [1.82, 2.24) is 14.9 Å². The number of aromatic nitrogens is 2. The van der Waals surface area contributed by atoms with Crippen molar-refractivity contribution in [3.8, 4) is 11.1 Å². The molecule has 4 rings (SSSR count).